The van der Waals surface area contributed by atoms with Gasteiger partial charge in [0.1, 0.15) is 0 Å². The molecule has 2 atom stereocenters. The molecule has 1 saturated heterocycles. The Bertz CT molecular complexity index is 689. The zero-order chi connectivity index (χ0) is 15.5. The molecule has 2 aliphatic heterocycles. The molecular formula is C19H23NO2. The lowest BCUT2D eigenvalue weighted by Gasteiger charge is -2.36. The van der Waals surface area contributed by atoms with Gasteiger partial charge in [0.2, 0.25) is 5.79 Å². The fourth-order valence-electron chi connectivity index (χ4n) is 4.01. The third kappa shape index (κ3) is 1.92. The maximum Gasteiger partial charge on any atom is 0.246 e. The fourth-order valence-corrected chi connectivity index (χ4v) is 4.01. The highest BCUT2D eigenvalue weighted by Crippen LogP contribution is 2.48. The third-order valence-corrected chi connectivity index (χ3v) is 5.14. The number of hydrogen-bond acceptors (Lipinski definition) is 3. The summed E-state index contributed by atoms with van der Waals surface area (Å²) in [6.45, 7) is 7.18. The maximum absolute atomic E-state index is 5.94. The number of likely N-dealkylation sites (N-methyl/N-ethyl adjacent to an activating group) is 1. The van der Waals surface area contributed by atoms with Crippen LogP contribution in [0.2, 0.25) is 0 Å². The molecule has 4 rings (SSSR count). The molecule has 0 bridgehead atoms. The van der Waals surface area contributed by atoms with Crippen molar-refractivity contribution < 1.29 is 9.47 Å². The zero-order valence-electron chi connectivity index (χ0n) is 13.7. The lowest BCUT2D eigenvalue weighted by atomic mass is 9.71. The van der Waals surface area contributed by atoms with Crippen molar-refractivity contribution in [3.05, 3.63) is 47.6 Å². The van der Waals surface area contributed by atoms with Crippen molar-refractivity contribution in [3.8, 4) is 11.5 Å². The second-order valence-corrected chi connectivity index (χ2v) is 7.23. The van der Waals surface area contributed by atoms with E-state index < -0.39 is 5.79 Å². The minimum absolute atomic E-state index is 0.0549. The molecule has 0 amide bonds. The number of nitrogens with zero attached hydrogens (tertiary/aromatic N) is 1. The summed E-state index contributed by atoms with van der Waals surface area (Å²) >= 11 is 0. The van der Waals surface area contributed by atoms with Crippen LogP contribution in [0.15, 0.2) is 42.0 Å². The van der Waals surface area contributed by atoms with E-state index in [1.165, 1.54) is 11.1 Å². The van der Waals surface area contributed by atoms with Crippen molar-refractivity contribution in [2.24, 2.45) is 0 Å². The summed E-state index contributed by atoms with van der Waals surface area (Å²) in [6.07, 6.45) is 8.17. The fraction of sp³-hybridized carbons (Fsp3) is 0.474. The van der Waals surface area contributed by atoms with Gasteiger partial charge < -0.3 is 9.47 Å². The first-order chi connectivity index (χ1) is 10.4. The Morgan fingerprint density at radius 3 is 2.77 bits per heavy atom. The van der Waals surface area contributed by atoms with E-state index in [0.717, 1.165) is 24.5 Å². The topological polar surface area (TPSA) is 21.7 Å². The molecule has 1 aromatic carbocycles. The SMILES string of the molecule is CC1=C[C@@H]2N(C)CC[C@]2(c2ccc3c(c2)OC(C)(C)O3)C=C1. The number of hydrogen-bond donors (Lipinski definition) is 0. The molecule has 0 radical (unpaired) electrons. The van der Waals surface area contributed by atoms with Gasteiger partial charge in [0, 0.05) is 25.3 Å². The number of likely N-dealkylation sites (tertiary alicyclic amines) is 1. The van der Waals surface area contributed by atoms with E-state index in [1.54, 1.807) is 0 Å². The highest BCUT2D eigenvalue weighted by molar-refractivity contribution is 5.52. The van der Waals surface area contributed by atoms with Crippen LogP contribution in [0.5, 0.6) is 11.5 Å². The average molecular weight is 297 g/mol. The lowest BCUT2D eigenvalue weighted by molar-refractivity contribution is -0.0431. The third-order valence-electron chi connectivity index (χ3n) is 5.14. The number of rotatable bonds is 1. The lowest BCUT2D eigenvalue weighted by Crippen LogP contribution is -2.39. The summed E-state index contributed by atoms with van der Waals surface area (Å²) in [7, 11) is 2.21. The largest absolute Gasteiger partial charge is 0.449 e. The van der Waals surface area contributed by atoms with E-state index in [1.807, 2.05) is 13.8 Å². The summed E-state index contributed by atoms with van der Waals surface area (Å²) in [4.78, 5) is 2.45. The number of allylic oxidation sites excluding steroid dienone is 2. The predicted octanol–water partition coefficient (Wildman–Crippen LogP) is 3.65. The molecule has 1 aliphatic carbocycles. The minimum Gasteiger partial charge on any atom is -0.449 e. The molecule has 0 unspecified atom stereocenters. The highest BCUT2D eigenvalue weighted by Gasteiger charge is 2.46. The second-order valence-electron chi connectivity index (χ2n) is 7.23. The van der Waals surface area contributed by atoms with Crippen molar-refractivity contribution in [1.29, 1.82) is 0 Å². The molecule has 3 nitrogen and oxygen atoms in total. The monoisotopic (exact) mass is 297 g/mol. The molecule has 1 fully saturated rings. The van der Waals surface area contributed by atoms with Crippen LogP contribution < -0.4 is 9.47 Å². The number of ether oxygens (including phenoxy) is 2. The Kier molecular flexibility index (Phi) is 2.77. The van der Waals surface area contributed by atoms with Crippen LogP contribution in [0.4, 0.5) is 0 Å². The van der Waals surface area contributed by atoms with Crippen molar-refractivity contribution in [1.82, 2.24) is 4.90 Å². The zero-order valence-corrected chi connectivity index (χ0v) is 13.7. The van der Waals surface area contributed by atoms with E-state index in [0.29, 0.717) is 6.04 Å². The average Bonchev–Trinajstić information content (AvgIpc) is 2.95. The smallest absolute Gasteiger partial charge is 0.246 e. The van der Waals surface area contributed by atoms with Gasteiger partial charge in [0.15, 0.2) is 11.5 Å². The molecule has 0 saturated carbocycles. The van der Waals surface area contributed by atoms with Gasteiger partial charge in [-0.25, -0.2) is 0 Å². The molecule has 3 aliphatic rings. The summed E-state index contributed by atoms with van der Waals surface area (Å²) in [5.41, 5.74) is 2.72. The second kappa shape index (κ2) is 4.39. The molecule has 2 heterocycles. The molecule has 0 aromatic heterocycles. The molecule has 1 aromatic rings. The van der Waals surface area contributed by atoms with Gasteiger partial charge in [-0.2, -0.15) is 0 Å². The van der Waals surface area contributed by atoms with E-state index in [2.05, 4.69) is 55.3 Å². The van der Waals surface area contributed by atoms with Gasteiger partial charge >= 0.3 is 0 Å². The highest BCUT2D eigenvalue weighted by atomic mass is 16.7. The van der Waals surface area contributed by atoms with Crippen LogP contribution in [0.25, 0.3) is 0 Å². The summed E-state index contributed by atoms with van der Waals surface area (Å²) < 4.78 is 11.8. The Labute approximate surface area is 132 Å². The van der Waals surface area contributed by atoms with E-state index in [-0.39, 0.29) is 5.41 Å². The first-order valence-electron chi connectivity index (χ1n) is 8.00. The quantitative estimate of drug-likeness (QED) is 0.790. The van der Waals surface area contributed by atoms with Crippen LogP contribution in [-0.4, -0.2) is 30.3 Å². The van der Waals surface area contributed by atoms with Crippen LogP contribution in [0, 0.1) is 0 Å². The van der Waals surface area contributed by atoms with Gasteiger partial charge in [-0.3, -0.25) is 4.90 Å². The van der Waals surface area contributed by atoms with Gasteiger partial charge in [-0.05, 0) is 44.6 Å². The molecule has 116 valence electrons. The minimum atomic E-state index is -0.566. The Balaban J connectivity index is 1.78. The standard InChI is InChI=1S/C19H23NO2/c1-13-7-8-19(9-10-20(4)17(19)11-13)14-5-6-15-16(12-14)22-18(2,3)21-15/h5-8,11-12,17H,9-10H2,1-4H3/t17-,19-/m0/s1. The predicted molar refractivity (Wildman–Crippen MR) is 87.4 cm³/mol. The molecular weight excluding hydrogens is 274 g/mol. The van der Waals surface area contributed by atoms with Crippen LogP contribution in [-0.2, 0) is 5.41 Å². The van der Waals surface area contributed by atoms with Crippen molar-refractivity contribution >= 4 is 0 Å². The van der Waals surface area contributed by atoms with Crippen LogP contribution in [0.1, 0.15) is 32.8 Å². The maximum atomic E-state index is 5.94. The van der Waals surface area contributed by atoms with Gasteiger partial charge in [0.05, 0.1) is 0 Å². The normalized spacial score (nSPS) is 32.0. The van der Waals surface area contributed by atoms with E-state index in [9.17, 15) is 0 Å². The van der Waals surface area contributed by atoms with Gasteiger partial charge in [-0.1, -0.05) is 29.9 Å². The van der Waals surface area contributed by atoms with E-state index >= 15 is 0 Å². The van der Waals surface area contributed by atoms with E-state index in [4.69, 9.17) is 9.47 Å². The Morgan fingerprint density at radius 1 is 1.18 bits per heavy atom. The molecule has 0 spiro atoms. The summed E-state index contributed by atoms with van der Waals surface area (Å²) in [5, 5.41) is 0. The first-order valence-corrected chi connectivity index (χ1v) is 8.00. The van der Waals surface area contributed by atoms with Gasteiger partial charge in [0.25, 0.3) is 0 Å². The van der Waals surface area contributed by atoms with Crippen molar-refractivity contribution in [3.63, 3.8) is 0 Å². The van der Waals surface area contributed by atoms with Crippen LogP contribution >= 0.6 is 0 Å². The Hall–Kier alpha value is -1.74. The molecule has 3 heteroatoms. The summed E-state index contributed by atoms with van der Waals surface area (Å²) in [5.74, 6) is 1.15. The van der Waals surface area contributed by atoms with Crippen LogP contribution in [0.3, 0.4) is 0 Å². The van der Waals surface area contributed by atoms with Gasteiger partial charge in [-0.15, -0.1) is 0 Å². The molecule has 22 heavy (non-hydrogen) atoms. The first kappa shape index (κ1) is 13.9. The number of fused-ring (bicyclic) bond motifs is 2. The van der Waals surface area contributed by atoms with Crippen molar-refractivity contribution in [2.75, 3.05) is 13.6 Å². The summed E-state index contributed by atoms with van der Waals surface area (Å²) in [6, 6.07) is 6.86. The Morgan fingerprint density at radius 2 is 1.95 bits per heavy atom. The molecule has 0 N–H and O–H groups in total. The van der Waals surface area contributed by atoms with Crippen molar-refractivity contribution in [2.45, 2.75) is 44.4 Å². The number of benzene rings is 1.